The Morgan fingerprint density at radius 2 is 1.71 bits per heavy atom. The van der Waals surface area contributed by atoms with Gasteiger partial charge < -0.3 is 15.2 Å². The van der Waals surface area contributed by atoms with Gasteiger partial charge in [0, 0.05) is 30.8 Å². The molecule has 2 saturated carbocycles. The molecule has 0 radical (unpaired) electrons. The average Bonchev–Trinajstić information content (AvgIpc) is 3.43. The topological polar surface area (TPSA) is 91.3 Å². The largest absolute Gasteiger partial charge is 0.497 e. The maximum absolute atomic E-state index is 6.28. The molecular formula is C27H32N6O2. The van der Waals surface area contributed by atoms with Crippen LogP contribution in [0.2, 0.25) is 0 Å². The molecule has 1 aromatic carbocycles. The Bertz CT molecular complexity index is 1280. The van der Waals surface area contributed by atoms with E-state index < -0.39 is 0 Å². The summed E-state index contributed by atoms with van der Waals surface area (Å²) < 4.78 is 12.8. The lowest BCUT2D eigenvalue weighted by atomic mass is 9.64. The van der Waals surface area contributed by atoms with Crippen molar-refractivity contribution in [3.8, 4) is 23.3 Å². The van der Waals surface area contributed by atoms with Gasteiger partial charge in [-0.1, -0.05) is 25.2 Å². The number of ether oxygens (including phenoxy) is 2. The number of likely N-dealkylation sites (tertiary alicyclic amines) is 1. The molecule has 2 aliphatic carbocycles. The molecule has 2 aromatic heterocycles. The molecule has 1 atom stereocenters. The number of nitrogens with zero attached hydrogens (tertiary/aromatic N) is 5. The van der Waals surface area contributed by atoms with E-state index in [-0.39, 0.29) is 6.04 Å². The molecule has 35 heavy (non-hydrogen) atoms. The van der Waals surface area contributed by atoms with Gasteiger partial charge in [0.05, 0.1) is 25.6 Å². The van der Waals surface area contributed by atoms with Crippen molar-refractivity contribution in [2.24, 2.45) is 11.8 Å². The molecule has 0 unspecified atom stereocenters. The van der Waals surface area contributed by atoms with Crippen LogP contribution in [0.25, 0.3) is 11.0 Å². The van der Waals surface area contributed by atoms with E-state index in [1.165, 1.54) is 38.4 Å². The maximum atomic E-state index is 6.28. The first-order valence-electron chi connectivity index (χ1n) is 12.6. The van der Waals surface area contributed by atoms with E-state index in [9.17, 15) is 0 Å². The first kappa shape index (κ1) is 22.2. The molecule has 8 heteroatoms. The standard InChI is InChI=1S/C27H32N6O2/c1-34-22-10-17(11-23(14-22)35-2)6-7-24-25-26(28)29-16-30-27(25)33(31-24)20-8-9-32(15-20)21-12-19(13-21)18-4-3-5-18/h10-11,14,16,18-21H,3-5,8-9,12-13,15H2,1-2H3,(H2,28,29,30)/t19?,20-,21?/m0/s1. The zero-order valence-corrected chi connectivity index (χ0v) is 20.4. The number of fused-ring (bicyclic) bond motifs is 1. The third-order valence-electron chi connectivity index (χ3n) is 8.22. The molecule has 182 valence electrons. The quantitative estimate of drug-likeness (QED) is 0.567. The molecular weight excluding hydrogens is 440 g/mol. The monoisotopic (exact) mass is 472 g/mol. The van der Waals surface area contributed by atoms with Crippen LogP contribution in [0.4, 0.5) is 5.82 Å². The number of hydrogen-bond donors (Lipinski definition) is 1. The smallest absolute Gasteiger partial charge is 0.164 e. The van der Waals surface area contributed by atoms with Crippen LogP contribution >= 0.6 is 0 Å². The SMILES string of the molecule is COc1cc(C#Cc2nn([C@H]3CCN(C4CC(C5CCC5)C4)C3)c3ncnc(N)c23)cc(OC)c1. The highest BCUT2D eigenvalue weighted by atomic mass is 16.5. The van der Waals surface area contributed by atoms with Crippen molar-refractivity contribution in [2.45, 2.75) is 50.6 Å². The lowest BCUT2D eigenvalue weighted by Gasteiger charge is -2.47. The van der Waals surface area contributed by atoms with Crippen LogP contribution in [0.3, 0.4) is 0 Å². The second kappa shape index (κ2) is 9.04. The number of aromatic nitrogens is 4. The van der Waals surface area contributed by atoms with Gasteiger partial charge in [-0.05, 0) is 49.2 Å². The second-order valence-corrected chi connectivity index (χ2v) is 10.1. The van der Waals surface area contributed by atoms with Gasteiger partial charge in [-0.25, -0.2) is 14.6 Å². The van der Waals surface area contributed by atoms with Crippen molar-refractivity contribution in [1.82, 2.24) is 24.6 Å². The number of anilines is 1. The van der Waals surface area contributed by atoms with Crippen molar-refractivity contribution in [2.75, 3.05) is 33.0 Å². The Hall–Kier alpha value is -3.31. The van der Waals surface area contributed by atoms with Gasteiger partial charge in [0.25, 0.3) is 0 Å². The van der Waals surface area contributed by atoms with Crippen molar-refractivity contribution >= 4 is 16.9 Å². The molecule has 1 saturated heterocycles. The lowest BCUT2D eigenvalue weighted by molar-refractivity contribution is 0.0329. The number of nitrogens with two attached hydrogens (primary N) is 1. The number of benzene rings is 1. The third-order valence-corrected chi connectivity index (χ3v) is 8.22. The highest BCUT2D eigenvalue weighted by Gasteiger charge is 2.42. The van der Waals surface area contributed by atoms with E-state index in [0.717, 1.165) is 54.0 Å². The van der Waals surface area contributed by atoms with Gasteiger partial charge in [0.15, 0.2) is 5.65 Å². The molecule has 1 aliphatic heterocycles. The third kappa shape index (κ3) is 4.08. The number of methoxy groups -OCH3 is 2. The van der Waals surface area contributed by atoms with Crippen molar-refractivity contribution in [1.29, 1.82) is 0 Å². The summed E-state index contributed by atoms with van der Waals surface area (Å²) in [7, 11) is 3.25. The second-order valence-electron chi connectivity index (χ2n) is 10.1. The Morgan fingerprint density at radius 1 is 0.943 bits per heavy atom. The molecule has 0 amide bonds. The maximum Gasteiger partial charge on any atom is 0.164 e. The summed E-state index contributed by atoms with van der Waals surface area (Å²) in [5.41, 5.74) is 8.42. The summed E-state index contributed by atoms with van der Waals surface area (Å²) in [6.07, 6.45) is 9.65. The number of hydrogen-bond acceptors (Lipinski definition) is 7. The first-order valence-corrected chi connectivity index (χ1v) is 12.6. The molecule has 3 heterocycles. The van der Waals surface area contributed by atoms with E-state index in [2.05, 4.69) is 26.7 Å². The van der Waals surface area contributed by atoms with E-state index in [0.29, 0.717) is 23.0 Å². The number of nitrogen functional groups attached to an aromatic ring is 1. The Morgan fingerprint density at radius 3 is 2.40 bits per heavy atom. The van der Waals surface area contributed by atoms with Crippen LogP contribution in [0.1, 0.15) is 55.8 Å². The summed E-state index contributed by atoms with van der Waals surface area (Å²) in [5.74, 6) is 10.2. The molecule has 6 rings (SSSR count). The van der Waals surface area contributed by atoms with Crippen LogP contribution in [0, 0.1) is 23.7 Å². The van der Waals surface area contributed by atoms with Gasteiger partial charge in [-0.3, -0.25) is 4.90 Å². The summed E-state index contributed by atoms with van der Waals surface area (Å²) in [6.45, 7) is 2.11. The van der Waals surface area contributed by atoms with Gasteiger partial charge >= 0.3 is 0 Å². The Labute approximate surface area is 205 Å². The predicted molar refractivity (Wildman–Crippen MR) is 134 cm³/mol. The fourth-order valence-electron chi connectivity index (χ4n) is 5.87. The van der Waals surface area contributed by atoms with Crippen molar-refractivity contribution in [3.05, 3.63) is 35.8 Å². The van der Waals surface area contributed by atoms with Gasteiger partial charge in [-0.2, -0.15) is 5.10 Å². The zero-order chi connectivity index (χ0) is 23.9. The highest BCUT2D eigenvalue weighted by Crippen LogP contribution is 2.46. The fourth-order valence-corrected chi connectivity index (χ4v) is 5.87. The van der Waals surface area contributed by atoms with Crippen molar-refractivity contribution in [3.63, 3.8) is 0 Å². The van der Waals surface area contributed by atoms with E-state index in [1.54, 1.807) is 14.2 Å². The van der Waals surface area contributed by atoms with E-state index in [1.807, 2.05) is 22.9 Å². The Balaban J connectivity index is 1.26. The molecule has 3 aliphatic rings. The van der Waals surface area contributed by atoms with Crippen molar-refractivity contribution < 1.29 is 9.47 Å². The summed E-state index contributed by atoms with van der Waals surface area (Å²) in [6, 6.07) is 6.57. The minimum absolute atomic E-state index is 0.266. The van der Waals surface area contributed by atoms with E-state index in [4.69, 9.17) is 20.3 Å². The number of rotatable bonds is 5. The molecule has 3 aromatic rings. The van der Waals surface area contributed by atoms with Gasteiger partial charge in [0.2, 0.25) is 0 Å². The molecule has 2 N–H and O–H groups in total. The normalized spacial score (nSPS) is 24.5. The lowest BCUT2D eigenvalue weighted by Crippen LogP contribution is -2.47. The van der Waals surface area contributed by atoms with Crippen LogP contribution in [-0.4, -0.2) is 58.0 Å². The molecule has 0 bridgehead atoms. The molecule has 8 nitrogen and oxygen atoms in total. The van der Waals surface area contributed by atoms with Gasteiger partial charge in [0.1, 0.15) is 29.3 Å². The van der Waals surface area contributed by atoms with Crippen LogP contribution < -0.4 is 15.2 Å². The minimum atomic E-state index is 0.266. The zero-order valence-electron chi connectivity index (χ0n) is 20.4. The van der Waals surface area contributed by atoms with Crippen LogP contribution in [0.5, 0.6) is 11.5 Å². The van der Waals surface area contributed by atoms with Crippen LogP contribution in [0.15, 0.2) is 24.5 Å². The van der Waals surface area contributed by atoms with Crippen LogP contribution in [-0.2, 0) is 0 Å². The summed E-state index contributed by atoms with van der Waals surface area (Å²) >= 11 is 0. The Kier molecular flexibility index (Phi) is 5.73. The fraction of sp³-hybridized carbons (Fsp3) is 0.519. The molecule has 3 fully saturated rings. The highest BCUT2D eigenvalue weighted by molar-refractivity contribution is 5.90. The summed E-state index contributed by atoms with van der Waals surface area (Å²) in [5, 5.41) is 5.63. The van der Waals surface area contributed by atoms with E-state index >= 15 is 0 Å². The van der Waals surface area contributed by atoms with Gasteiger partial charge in [-0.15, -0.1) is 0 Å². The average molecular weight is 473 g/mol. The summed E-state index contributed by atoms with van der Waals surface area (Å²) in [4.78, 5) is 11.4. The predicted octanol–water partition coefficient (Wildman–Crippen LogP) is 3.65. The first-order chi connectivity index (χ1) is 17.1. The molecule has 0 spiro atoms. The minimum Gasteiger partial charge on any atom is -0.497 e.